The van der Waals surface area contributed by atoms with Crippen LogP contribution in [0.15, 0.2) is 29.6 Å². The first kappa shape index (κ1) is 13.1. The second kappa shape index (κ2) is 5.25. The Balaban J connectivity index is 1.90. The van der Waals surface area contributed by atoms with Gasteiger partial charge in [-0.3, -0.25) is 9.59 Å². The number of amides is 1. The smallest absolute Gasteiger partial charge is 0.305 e. The van der Waals surface area contributed by atoms with Gasteiger partial charge in [0.2, 0.25) is 0 Å². The molecule has 1 aromatic heterocycles. The summed E-state index contributed by atoms with van der Waals surface area (Å²) < 4.78 is 1.09. The van der Waals surface area contributed by atoms with Crippen LogP contribution in [0.3, 0.4) is 0 Å². The molecule has 2 heterocycles. The maximum atomic E-state index is 12.7. The number of hydrogen-bond acceptors (Lipinski definition) is 3. The van der Waals surface area contributed by atoms with Gasteiger partial charge < -0.3 is 10.0 Å². The maximum absolute atomic E-state index is 12.7. The number of carbonyl (C=O) groups excluding carboxylic acids is 1. The SMILES string of the molecule is O=C(O)CC1CCCN1C(=O)c1csc2ccccc12. The Labute approximate surface area is 120 Å². The van der Waals surface area contributed by atoms with Crippen LogP contribution in [-0.2, 0) is 4.79 Å². The van der Waals surface area contributed by atoms with E-state index < -0.39 is 5.97 Å². The van der Waals surface area contributed by atoms with E-state index in [1.54, 1.807) is 16.2 Å². The van der Waals surface area contributed by atoms with Gasteiger partial charge in [-0.05, 0) is 18.9 Å². The lowest BCUT2D eigenvalue weighted by Crippen LogP contribution is -2.36. The standard InChI is InChI=1S/C15H15NO3S/c17-14(18)8-10-4-3-7-16(10)15(19)12-9-20-13-6-2-1-5-11(12)13/h1-2,5-6,9-10H,3-4,7-8H2,(H,17,18). The first-order valence-electron chi connectivity index (χ1n) is 6.66. The maximum Gasteiger partial charge on any atom is 0.305 e. The van der Waals surface area contributed by atoms with Crippen LogP contribution in [0.4, 0.5) is 0 Å². The third-order valence-corrected chi connectivity index (χ3v) is 4.72. The van der Waals surface area contributed by atoms with E-state index in [4.69, 9.17) is 5.11 Å². The first-order chi connectivity index (χ1) is 9.66. The highest BCUT2D eigenvalue weighted by Gasteiger charge is 2.31. The number of rotatable bonds is 3. The van der Waals surface area contributed by atoms with Gasteiger partial charge in [-0.2, -0.15) is 0 Å². The van der Waals surface area contributed by atoms with Gasteiger partial charge in [-0.25, -0.2) is 0 Å². The number of benzene rings is 1. The van der Waals surface area contributed by atoms with Crippen molar-refractivity contribution in [2.75, 3.05) is 6.54 Å². The average molecular weight is 289 g/mol. The number of fused-ring (bicyclic) bond motifs is 1. The molecule has 104 valence electrons. The molecule has 0 aliphatic carbocycles. The molecule has 1 aliphatic rings. The molecule has 0 radical (unpaired) electrons. The second-order valence-electron chi connectivity index (χ2n) is 5.04. The fourth-order valence-electron chi connectivity index (χ4n) is 2.81. The van der Waals surface area contributed by atoms with Crippen LogP contribution in [0.1, 0.15) is 29.6 Å². The molecule has 2 aromatic rings. The van der Waals surface area contributed by atoms with Gasteiger partial charge in [-0.15, -0.1) is 11.3 Å². The molecule has 5 heteroatoms. The minimum Gasteiger partial charge on any atom is -0.481 e. The summed E-state index contributed by atoms with van der Waals surface area (Å²) >= 11 is 1.55. The Morgan fingerprint density at radius 3 is 2.95 bits per heavy atom. The molecule has 1 unspecified atom stereocenters. The number of thiophene rings is 1. The third kappa shape index (κ3) is 2.29. The molecule has 1 aromatic carbocycles. The summed E-state index contributed by atoms with van der Waals surface area (Å²) in [6, 6.07) is 7.65. The van der Waals surface area contributed by atoms with Gasteiger partial charge in [0.15, 0.2) is 0 Å². The Bertz CT molecular complexity index is 664. The molecular weight excluding hydrogens is 274 g/mol. The van der Waals surface area contributed by atoms with Crippen molar-refractivity contribution in [2.24, 2.45) is 0 Å². The normalized spacial score (nSPS) is 18.6. The van der Waals surface area contributed by atoms with Crippen LogP contribution < -0.4 is 0 Å². The minimum absolute atomic E-state index is 0.0355. The van der Waals surface area contributed by atoms with E-state index in [1.165, 1.54) is 0 Å². The third-order valence-electron chi connectivity index (χ3n) is 3.76. The molecule has 1 fully saturated rings. The Kier molecular flexibility index (Phi) is 3.44. The molecule has 1 N–H and O–H groups in total. The zero-order valence-corrected chi connectivity index (χ0v) is 11.7. The van der Waals surface area contributed by atoms with Gasteiger partial charge in [0, 0.05) is 28.1 Å². The fourth-order valence-corrected chi connectivity index (χ4v) is 3.75. The lowest BCUT2D eigenvalue weighted by atomic mass is 10.1. The van der Waals surface area contributed by atoms with Gasteiger partial charge in [0.1, 0.15) is 0 Å². The molecule has 1 saturated heterocycles. The largest absolute Gasteiger partial charge is 0.481 e. The summed E-state index contributed by atoms with van der Waals surface area (Å²) in [7, 11) is 0. The van der Waals surface area contributed by atoms with Crippen molar-refractivity contribution in [2.45, 2.75) is 25.3 Å². The van der Waals surface area contributed by atoms with Crippen LogP contribution in [-0.4, -0.2) is 34.5 Å². The highest BCUT2D eigenvalue weighted by atomic mass is 32.1. The Hall–Kier alpha value is -1.88. The Morgan fingerprint density at radius 1 is 1.35 bits per heavy atom. The van der Waals surface area contributed by atoms with Crippen molar-refractivity contribution < 1.29 is 14.7 Å². The molecule has 1 amide bonds. The highest BCUT2D eigenvalue weighted by molar-refractivity contribution is 7.17. The molecule has 0 bridgehead atoms. The monoisotopic (exact) mass is 289 g/mol. The molecule has 0 saturated carbocycles. The van der Waals surface area contributed by atoms with E-state index in [-0.39, 0.29) is 18.4 Å². The summed E-state index contributed by atoms with van der Waals surface area (Å²) in [4.78, 5) is 25.3. The van der Waals surface area contributed by atoms with E-state index in [9.17, 15) is 9.59 Å². The van der Waals surface area contributed by atoms with Gasteiger partial charge in [0.25, 0.3) is 5.91 Å². The topological polar surface area (TPSA) is 57.6 Å². The van der Waals surface area contributed by atoms with Crippen LogP contribution in [0.25, 0.3) is 10.1 Å². The Morgan fingerprint density at radius 2 is 2.15 bits per heavy atom. The zero-order valence-electron chi connectivity index (χ0n) is 10.9. The number of hydrogen-bond donors (Lipinski definition) is 1. The quantitative estimate of drug-likeness (QED) is 0.945. The van der Waals surface area contributed by atoms with Crippen molar-refractivity contribution in [3.63, 3.8) is 0 Å². The summed E-state index contributed by atoms with van der Waals surface area (Å²) in [5, 5.41) is 11.8. The molecule has 0 spiro atoms. The first-order valence-corrected chi connectivity index (χ1v) is 7.54. The minimum atomic E-state index is -0.843. The number of carbonyl (C=O) groups is 2. The van der Waals surface area contributed by atoms with E-state index in [0.717, 1.165) is 22.9 Å². The number of nitrogens with zero attached hydrogens (tertiary/aromatic N) is 1. The summed E-state index contributed by atoms with van der Waals surface area (Å²) in [5.41, 5.74) is 0.697. The van der Waals surface area contributed by atoms with Crippen molar-refractivity contribution >= 4 is 33.3 Å². The van der Waals surface area contributed by atoms with E-state index >= 15 is 0 Å². The van der Waals surface area contributed by atoms with Crippen molar-refractivity contribution in [3.05, 3.63) is 35.2 Å². The summed E-state index contributed by atoms with van der Waals surface area (Å²) in [6.45, 7) is 0.654. The van der Waals surface area contributed by atoms with Gasteiger partial charge in [0.05, 0.1) is 12.0 Å². The van der Waals surface area contributed by atoms with Crippen LogP contribution in [0, 0.1) is 0 Å². The van der Waals surface area contributed by atoms with Crippen LogP contribution >= 0.6 is 11.3 Å². The number of aliphatic carboxylic acids is 1. The lowest BCUT2D eigenvalue weighted by Gasteiger charge is -2.23. The molecule has 3 rings (SSSR count). The van der Waals surface area contributed by atoms with Crippen molar-refractivity contribution in [1.29, 1.82) is 0 Å². The summed E-state index contributed by atoms with van der Waals surface area (Å²) in [5.74, 6) is -0.879. The van der Waals surface area contributed by atoms with Crippen molar-refractivity contribution in [1.82, 2.24) is 4.90 Å². The number of carboxylic acids is 1. The predicted octanol–water partition coefficient (Wildman–Crippen LogP) is 2.98. The molecule has 1 aliphatic heterocycles. The number of carboxylic acid groups (broad SMARTS) is 1. The average Bonchev–Trinajstić information content (AvgIpc) is 3.03. The van der Waals surface area contributed by atoms with Crippen LogP contribution in [0.2, 0.25) is 0 Å². The van der Waals surface area contributed by atoms with Gasteiger partial charge >= 0.3 is 5.97 Å². The lowest BCUT2D eigenvalue weighted by molar-refractivity contribution is -0.137. The fraction of sp³-hybridized carbons (Fsp3) is 0.333. The second-order valence-corrected chi connectivity index (χ2v) is 5.95. The predicted molar refractivity (Wildman–Crippen MR) is 78.1 cm³/mol. The van der Waals surface area contributed by atoms with Gasteiger partial charge in [-0.1, -0.05) is 18.2 Å². The van der Waals surface area contributed by atoms with E-state index in [0.29, 0.717) is 12.1 Å². The van der Waals surface area contributed by atoms with E-state index in [2.05, 4.69) is 0 Å². The van der Waals surface area contributed by atoms with E-state index in [1.807, 2.05) is 29.6 Å². The van der Waals surface area contributed by atoms with Crippen LogP contribution in [0.5, 0.6) is 0 Å². The molecule has 20 heavy (non-hydrogen) atoms. The molecule has 4 nitrogen and oxygen atoms in total. The number of likely N-dealkylation sites (tertiary alicyclic amines) is 1. The van der Waals surface area contributed by atoms with Crippen molar-refractivity contribution in [3.8, 4) is 0 Å². The highest BCUT2D eigenvalue weighted by Crippen LogP contribution is 2.29. The molecular formula is C15H15NO3S. The molecule has 1 atom stereocenters. The zero-order chi connectivity index (χ0) is 14.1. The summed E-state index contributed by atoms with van der Waals surface area (Å²) in [6.07, 6.45) is 1.69.